The van der Waals surface area contributed by atoms with Gasteiger partial charge in [-0.25, -0.2) is 9.97 Å². The van der Waals surface area contributed by atoms with Crippen LogP contribution in [0.3, 0.4) is 0 Å². The molecule has 0 radical (unpaired) electrons. The summed E-state index contributed by atoms with van der Waals surface area (Å²) < 4.78 is 16.6. The van der Waals surface area contributed by atoms with Crippen molar-refractivity contribution in [3.8, 4) is 23.4 Å². The summed E-state index contributed by atoms with van der Waals surface area (Å²) in [6.45, 7) is 3.56. The quantitative estimate of drug-likeness (QED) is 0.282. The number of hydrogen-bond acceptors (Lipinski definition) is 8. The largest absolute Gasteiger partial charge is 0.481 e. The lowest BCUT2D eigenvalue weighted by Gasteiger charge is -2.21. The number of benzene rings is 2. The van der Waals surface area contributed by atoms with Gasteiger partial charge in [-0.2, -0.15) is 5.26 Å². The van der Waals surface area contributed by atoms with E-state index in [4.69, 9.17) is 37.4 Å². The molecule has 0 saturated carbocycles. The summed E-state index contributed by atoms with van der Waals surface area (Å²) >= 11 is 12.2. The minimum absolute atomic E-state index is 0.0358. The Morgan fingerprint density at radius 3 is 2.66 bits per heavy atom. The zero-order chi connectivity index (χ0) is 25.5. The first-order chi connectivity index (χ1) is 16.7. The molecule has 1 amide bonds. The van der Waals surface area contributed by atoms with E-state index in [-0.39, 0.29) is 23.4 Å². The second-order valence-corrected chi connectivity index (χ2v) is 8.26. The predicted molar refractivity (Wildman–Crippen MR) is 130 cm³/mol. The number of halogens is 2. The summed E-state index contributed by atoms with van der Waals surface area (Å²) in [5.41, 5.74) is 1.21. The molecule has 3 aromatic rings. The van der Waals surface area contributed by atoms with Crippen LogP contribution in [0.25, 0.3) is 11.0 Å². The van der Waals surface area contributed by atoms with E-state index in [1.54, 1.807) is 37.3 Å². The highest BCUT2D eigenvalue weighted by Gasteiger charge is 2.34. The van der Waals surface area contributed by atoms with Crippen molar-refractivity contribution in [3.05, 3.63) is 52.6 Å². The number of nitrogens with zero attached hydrogens (tertiary/aromatic N) is 4. The average molecular weight is 517 g/mol. The monoisotopic (exact) mass is 516 g/mol. The van der Waals surface area contributed by atoms with E-state index in [0.717, 1.165) is 0 Å². The van der Waals surface area contributed by atoms with Gasteiger partial charge in [0.2, 0.25) is 11.8 Å². The summed E-state index contributed by atoms with van der Waals surface area (Å²) in [4.78, 5) is 35.1. The van der Waals surface area contributed by atoms with E-state index >= 15 is 0 Å². The Labute approximate surface area is 212 Å². The Kier molecular flexibility index (Phi) is 8.82. The molecule has 0 aliphatic carbocycles. The molecule has 3 rings (SSSR count). The van der Waals surface area contributed by atoms with Crippen LogP contribution in [0.5, 0.6) is 17.4 Å². The van der Waals surface area contributed by atoms with E-state index in [1.807, 2.05) is 0 Å². The molecular weight excluding hydrogens is 495 g/mol. The lowest BCUT2D eigenvalue weighted by Crippen LogP contribution is -2.41. The molecule has 182 valence electrons. The lowest BCUT2D eigenvalue weighted by molar-refractivity contribution is -0.143. The summed E-state index contributed by atoms with van der Waals surface area (Å²) in [6.07, 6.45) is 0.309. The van der Waals surface area contributed by atoms with Gasteiger partial charge in [-0.05, 0) is 44.2 Å². The molecule has 0 spiro atoms. The fourth-order valence-corrected chi connectivity index (χ4v) is 3.34. The number of hydrogen-bond donors (Lipinski definition) is 0. The van der Waals surface area contributed by atoms with Crippen LogP contribution in [0.2, 0.25) is 10.0 Å². The first-order valence-electron chi connectivity index (χ1n) is 10.6. The number of ether oxygens (including phenoxy) is 3. The number of rotatable bonds is 10. The third-order valence-electron chi connectivity index (χ3n) is 4.84. The van der Waals surface area contributed by atoms with E-state index in [0.29, 0.717) is 28.4 Å². The molecule has 1 aromatic heterocycles. The Morgan fingerprint density at radius 2 is 1.94 bits per heavy atom. The summed E-state index contributed by atoms with van der Waals surface area (Å²) in [5.74, 6) is -2.24. The lowest BCUT2D eigenvalue weighted by atomic mass is 10.0. The number of nitriles is 1. The molecule has 2 unspecified atom stereocenters. The number of carbonyl (C=O) groups excluding carboxylic acids is 2. The SMILES string of the molecule is CCOCN(C)C(=O)C(C#N)C(=O)C(C)Oc1cc(Oc2cnc3cc(Cl)ccc3n2)ccc1Cl. The first-order valence-corrected chi connectivity index (χ1v) is 11.3. The van der Waals surface area contributed by atoms with Crippen LogP contribution >= 0.6 is 23.2 Å². The second-order valence-electron chi connectivity index (χ2n) is 7.42. The molecule has 35 heavy (non-hydrogen) atoms. The molecule has 1 heterocycles. The topological polar surface area (TPSA) is 115 Å². The van der Waals surface area contributed by atoms with Crippen LogP contribution in [0, 0.1) is 17.2 Å². The average Bonchev–Trinajstić information content (AvgIpc) is 2.84. The zero-order valence-corrected chi connectivity index (χ0v) is 20.7. The fourth-order valence-electron chi connectivity index (χ4n) is 3.01. The minimum Gasteiger partial charge on any atom is -0.481 e. The molecule has 0 N–H and O–H groups in total. The summed E-state index contributed by atoms with van der Waals surface area (Å²) in [7, 11) is 1.45. The highest BCUT2D eigenvalue weighted by atomic mass is 35.5. The Bertz CT molecular complexity index is 1280. The van der Waals surface area contributed by atoms with Crippen molar-refractivity contribution < 1.29 is 23.8 Å². The third-order valence-corrected chi connectivity index (χ3v) is 5.38. The number of carbonyl (C=O) groups is 2. The molecule has 0 aliphatic rings. The van der Waals surface area contributed by atoms with Crippen molar-refractivity contribution in [2.24, 2.45) is 5.92 Å². The molecule has 2 atom stereocenters. The molecule has 2 aromatic carbocycles. The highest BCUT2D eigenvalue weighted by molar-refractivity contribution is 6.32. The first kappa shape index (κ1) is 26.2. The third kappa shape index (κ3) is 6.57. The number of aromatic nitrogens is 2. The summed E-state index contributed by atoms with van der Waals surface area (Å²) in [6, 6.07) is 11.5. The van der Waals surface area contributed by atoms with Crippen LogP contribution in [0.1, 0.15) is 13.8 Å². The van der Waals surface area contributed by atoms with Gasteiger partial charge in [0.1, 0.15) is 18.2 Å². The summed E-state index contributed by atoms with van der Waals surface area (Å²) in [5, 5.41) is 10.2. The van der Waals surface area contributed by atoms with Crippen LogP contribution in [-0.4, -0.2) is 53.0 Å². The van der Waals surface area contributed by atoms with Gasteiger partial charge in [0.15, 0.2) is 17.8 Å². The number of ketones is 1. The minimum atomic E-state index is -1.55. The normalized spacial score (nSPS) is 12.5. The number of amides is 1. The second kappa shape index (κ2) is 11.8. The maximum absolute atomic E-state index is 12.8. The van der Waals surface area contributed by atoms with Gasteiger partial charge in [0.25, 0.3) is 0 Å². The van der Waals surface area contributed by atoms with E-state index in [1.165, 1.54) is 37.2 Å². The van der Waals surface area contributed by atoms with E-state index in [2.05, 4.69) is 9.97 Å². The molecule has 0 aliphatic heterocycles. The van der Waals surface area contributed by atoms with Gasteiger partial charge in [-0.15, -0.1) is 0 Å². The van der Waals surface area contributed by atoms with Crippen molar-refractivity contribution >= 4 is 45.9 Å². The van der Waals surface area contributed by atoms with E-state index < -0.39 is 23.7 Å². The molecule has 0 bridgehead atoms. The van der Waals surface area contributed by atoms with Gasteiger partial charge in [-0.1, -0.05) is 23.2 Å². The van der Waals surface area contributed by atoms with Gasteiger partial charge < -0.3 is 19.1 Å². The highest BCUT2D eigenvalue weighted by Crippen LogP contribution is 2.32. The molecular formula is C24H22Cl2N4O5. The van der Waals surface area contributed by atoms with Crippen LogP contribution in [0.15, 0.2) is 42.6 Å². The van der Waals surface area contributed by atoms with Crippen molar-refractivity contribution in [2.75, 3.05) is 20.4 Å². The van der Waals surface area contributed by atoms with Gasteiger partial charge in [0.05, 0.1) is 28.3 Å². The Hall–Kier alpha value is -3.45. The van der Waals surface area contributed by atoms with Gasteiger partial charge in [0, 0.05) is 24.7 Å². The molecule has 0 saturated heterocycles. The van der Waals surface area contributed by atoms with Crippen LogP contribution < -0.4 is 9.47 Å². The van der Waals surface area contributed by atoms with Crippen molar-refractivity contribution in [1.29, 1.82) is 5.26 Å². The molecule has 0 fully saturated rings. The van der Waals surface area contributed by atoms with Crippen LogP contribution in [0.4, 0.5) is 0 Å². The molecule has 11 heteroatoms. The standard InChI is InChI=1S/C24H22Cl2N4O5/c1-4-33-13-30(3)24(32)17(11-27)23(31)14(2)34-21-10-16(6-7-18(21)26)35-22-12-28-20-9-15(25)5-8-19(20)29-22/h5-10,12,14,17H,4,13H2,1-3H3. The van der Waals surface area contributed by atoms with Gasteiger partial charge in [-0.3, -0.25) is 9.59 Å². The van der Waals surface area contributed by atoms with Crippen molar-refractivity contribution in [3.63, 3.8) is 0 Å². The number of fused-ring (bicyclic) bond motifs is 1. The van der Waals surface area contributed by atoms with Crippen molar-refractivity contribution in [2.45, 2.75) is 20.0 Å². The maximum atomic E-state index is 12.8. The predicted octanol–water partition coefficient (Wildman–Crippen LogP) is 4.66. The Morgan fingerprint density at radius 1 is 1.17 bits per heavy atom. The van der Waals surface area contributed by atoms with Crippen molar-refractivity contribution in [1.82, 2.24) is 14.9 Å². The Balaban J connectivity index is 1.73. The number of Topliss-reactive ketones (excluding diaryl/α,β-unsaturated/α-hetero) is 1. The van der Waals surface area contributed by atoms with Gasteiger partial charge >= 0.3 is 0 Å². The molecule has 9 nitrogen and oxygen atoms in total. The van der Waals surface area contributed by atoms with Crippen LogP contribution in [-0.2, 0) is 14.3 Å². The smallest absolute Gasteiger partial charge is 0.249 e. The fraction of sp³-hybridized carbons (Fsp3) is 0.292. The zero-order valence-electron chi connectivity index (χ0n) is 19.2. The van der Waals surface area contributed by atoms with E-state index in [9.17, 15) is 14.9 Å². The maximum Gasteiger partial charge on any atom is 0.249 e.